The highest BCUT2D eigenvalue weighted by Crippen LogP contribution is 2.31. The molecule has 1 N–H and O–H groups in total. The molecule has 0 radical (unpaired) electrons. The van der Waals surface area contributed by atoms with Gasteiger partial charge in [0.15, 0.2) is 0 Å². The molecule has 2 heterocycles. The molecule has 2 saturated heterocycles. The first-order chi connectivity index (χ1) is 13.2. The third-order valence-corrected chi connectivity index (χ3v) is 5.62. The predicted octanol–water partition coefficient (Wildman–Crippen LogP) is 3.24. The van der Waals surface area contributed by atoms with Crippen LogP contribution in [0.4, 0.5) is 10.5 Å². The Morgan fingerprint density at radius 2 is 1.37 bits per heavy atom. The van der Waals surface area contributed by atoms with Crippen molar-refractivity contribution < 1.29 is 9.59 Å². The van der Waals surface area contributed by atoms with Crippen LogP contribution < -0.4 is 5.32 Å². The summed E-state index contributed by atoms with van der Waals surface area (Å²) < 4.78 is 0. The van der Waals surface area contributed by atoms with Crippen LogP contribution in [0.25, 0.3) is 0 Å². The van der Waals surface area contributed by atoms with Crippen LogP contribution in [0.3, 0.4) is 0 Å². The Morgan fingerprint density at radius 1 is 0.815 bits per heavy atom. The molecule has 5 nitrogen and oxygen atoms in total. The van der Waals surface area contributed by atoms with Crippen molar-refractivity contribution in [1.82, 2.24) is 9.80 Å². The Kier molecular flexibility index (Phi) is 5.10. The number of hydrogen-bond donors (Lipinski definition) is 1. The molecule has 140 valence electrons. The number of hydrogen-bond acceptors (Lipinski definition) is 2. The molecule has 27 heavy (non-hydrogen) atoms. The van der Waals surface area contributed by atoms with Crippen LogP contribution in [0.5, 0.6) is 0 Å². The van der Waals surface area contributed by atoms with Crippen LogP contribution in [0.1, 0.15) is 12.0 Å². The Morgan fingerprint density at radius 3 is 2.00 bits per heavy atom. The Labute approximate surface area is 160 Å². The van der Waals surface area contributed by atoms with E-state index in [1.165, 1.54) is 5.56 Å². The summed E-state index contributed by atoms with van der Waals surface area (Å²) in [7, 11) is 0. The molecule has 2 unspecified atom stereocenters. The number of carbonyl (C=O) groups excluding carboxylic acids is 2. The molecule has 0 spiro atoms. The zero-order valence-corrected chi connectivity index (χ0v) is 15.4. The molecule has 2 aliphatic rings. The van der Waals surface area contributed by atoms with Gasteiger partial charge in [-0.15, -0.1) is 0 Å². The number of aryl methyl sites for hydroxylation is 1. The maximum Gasteiger partial charge on any atom is 0.321 e. The molecule has 2 aromatic rings. The molecule has 2 aliphatic heterocycles. The van der Waals surface area contributed by atoms with E-state index in [0.717, 1.165) is 38.3 Å². The van der Waals surface area contributed by atoms with Gasteiger partial charge in [0.05, 0.1) is 0 Å². The van der Waals surface area contributed by atoms with Gasteiger partial charge in [-0.05, 0) is 24.1 Å². The number of likely N-dealkylation sites (tertiary alicyclic amines) is 2. The van der Waals surface area contributed by atoms with E-state index in [2.05, 4.69) is 17.4 Å². The van der Waals surface area contributed by atoms with Crippen molar-refractivity contribution in [3.05, 3.63) is 66.2 Å². The lowest BCUT2D eigenvalue weighted by atomic mass is 10.0. The normalized spacial score (nSPS) is 21.2. The summed E-state index contributed by atoms with van der Waals surface area (Å²) in [6.07, 6.45) is 1.35. The summed E-state index contributed by atoms with van der Waals surface area (Å²) in [6, 6.07) is 19.6. The van der Waals surface area contributed by atoms with Crippen molar-refractivity contribution in [1.29, 1.82) is 0 Å². The smallest absolute Gasteiger partial charge is 0.321 e. The van der Waals surface area contributed by atoms with E-state index in [9.17, 15) is 9.59 Å². The number of anilines is 1. The summed E-state index contributed by atoms with van der Waals surface area (Å²) >= 11 is 0. The minimum Gasteiger partial charge on any atom is -0.342 e. The number of fused-ring (bicyclic) bond motifs is 1. The molecular formula is C22H25N3O2. The molecule has 2 atom stereocenters. The molecule has 2 aromatic carbocycles. The van der Waals surface area contributed by atoms with Crippen molar-refractivity contribution in [2.75, 3.05) is 31.5 Å². The second kappa shape index (κ2) is 7.82. The largest absolute Gasteiger partial charge is 0.342 e. The van der Waals surface area contributed by atoms with Crippen molar-refractivity contribution in [3.8, 4) is 0 Å². The number of nitrogens with zero attached hydrogens (tertiary/aromatic N) is 2. The van der Waals surface area contributed by atoms with E-state index >= 15 is 0 Å². The molecule has 2 fully saturated rings. The SMILES string of the molecule is O=C(CCc1ccccc1)N1CC2CN(C(=O)Nc3ccccc3)CC2C1. The summed E-state index contributed by atoms with van der Waals surface area (Å²) in [4.78, 5) is 28.9. The van der Waals surface area contributed by atoms with Gasteiger partial charge in [-0.1, -0.05) is 48.5 Å². The van der Waals surface area contributed by atoms with Gasteiger partial charge >= 0.3 is 6.03 Å². The zero-order valence-electron chi connectivity index (χ0n) is 15.4. The number of urea groups is 1. The fourth-order valence-corrected chi connectivity index (χ4v) is 4.14. The van der Waals surface area contributed by atoms with Crippen molar-refractivity contribution in [2.24, 2.45) is 11.8 Å². The van der Waals surface area contributed by atoms with Gasteiger partial charge in [0.2, 0.25) is 5.91 Å². The predicted molar refractivity (Wildman–Crippen MR) is 105 cm³/mol. The average molecular weight is 363 g/mol. The molecule has 0 saturated carbocycles. The van der Waals surface area contributed by atoms with Crippen LogP contribution in [0.2, 0.25) is 0 Å². The highest BCUT2D eigenvalue weighted by molar-refractivity contribution is 5.89. The minimum atomic E-state index is -0.0439. The summed E-state index contributed by atoms with van der Waals surface area (Å²) in [5.74, 6) is 1.02. The molecule has 5 heteroatoms. The van der Waals surface area contributed by atoms with E-state index in [4.69, 9.17) is 0 Å². The third kappa shape index (κ3) is 4.13. The van der Waals surface area contributed by atoms with Gasteiger partial charge in [0.1, 0.15) is 0 Å². The Hall–Kier alpha value is -2.82. The number of carbonyl (C=O) groups is 2. The Bertz CT molecular complexity index is 780. The van der Waals surface area contributed by atoms with Crippen LogP contribution in [0.15, 0.2) is 60.7 Å². The number of para-hydroxylation sites is 1. The number of benzene rings is 2. The maximum atomic E-state index is 12.5. The lowest BCUT2D eigenvalue weighted by Gasteiger charge is -2.22. The standard InChI is InChI=1S/C22H25N3O2/c26-21(12-11-17-7-3-1-4-8-17)24-13-18-15-25(16-19(18)14-24)22(27)23-20-9-5-2-6-10-20/h1-10,18-19H,11-16H2,(H,23,27). The van der Waals surface area contributed by atoms with Gasteiger partial charge in [0, 0.05) is 50.1 Å². The van der Waals surface area contributed by atoms with E-state index in [-0.39, 0.29) is 11.9 Å². The van der Waals surface area contributed by atoms with E-state index in [1.807, 2.05) is 58.3 Å². The highest BCUT2D eigenvalue weighted by Gasteiger charge is 2.42. The van der Waals surface area contributed by atoms with E-state index in [0.29, 0.717) is 18.3 Å². The quantitative estimate of drug-likeness (QED) is 0.907. The van der Waals surface area contributed by atoms with Gasteiger partial charge in [-0.2, -0.15) is 0 Å². The molecule has 3 amide bonds. The summed E-state index contributed by atoms with van der Waals surface area (Å²) in [5.41, 5.74) is 2.02. The fourth-order valence-electron chi connectivity index (χ4n) is 4.14. The van der Waals surface area contributed by atoms with Crippen LogP contribution in [0, 0.1) is 11.8 Å². The monoisotopic (exact) mass is 363 g/mol. The van der Waals surface area contributed by atoms with Crippen LogP contribution in [-0.2, 0) is 11.2 Å². The Balaban J connectivity index is 1.25. The topological polar surface area (TPSA) is 52.7 Å². The molecule has 0 bridgehead atoms. The van der Waals surface area contributed by atoms with E-state index in [1.54, 1.807) is 0 Å². The first kappa shape index (κ1) is 17.6. The van der Waals surface area contributed by atoms with Crippen LogP contribution >= 0.6 is 0 Å². The number of rotatable bonds is 4. The lowest BCUT2D eigenvalue weighted by molar-refractivity contribution is -0.130. The van der Waals surface area contributed by atoms with Crippen molar-refractivity contribution in [3.63, 3.8) is 0 Å². The molecule has 0 aliphatic carbocycles. The second-order valence-electron chi connectivity index (χ2n) is 7.51. The molecule has 0 aromatic heterocycles. The summed E-state index contributed by atoms with van der Waals surface area (Å²) in [5, 5.41) is 2.95. The number of nitrogens with one attached hydrogen (secondary N) is 1. The third-order valence-electron chi connectivity index (χ3n) is 5.62. The molecular weight excluding hydrogens is 338 g/mol. The highest BCUT2D eigenvalue weighted by atomic mass is 16.2. The van der Waals surface area contributed by atoms with Gasteiger partial charge in [0.25, 0.3) is 0 Å². The van der Waals surface area contributed by atoms with Crippen molar-refractivity contribution in [2.45, 2.75) is 12.8 Å². The van der Waals surface area contributed by atoms with Gasteiger partial charge in [-0.3, -0.25) is 4.79 Å². The zero-order chi connectivity index (χ0) is 18.6. The first-order valence-corrected chi connectivity index (χ1v) is 9.62. The fraction of sp³-hybridized carbons (Fsp3) is 0.364. The van der Waals surface area contributed by atoms with E-state index < -0.39 is 0 Å². The second-order valence-corrected chi connectivity index (χ2v) is 7.51. The lowest BCUT2D eigenvalue weighted by Crippen LogP contribution is -2.37. The van der Waals surface area contributed by atoms with Crippen LogP contribution in [-0.4, -0.2) is 47.9 Å². The average Bonchev–Trinajstić information content (AvgIpc) is 3.27. The number of amides is 3. The minimum absolute atomic E-state index is 0.0439. The maximum absolute atomic E-state index is 12.5. The van der Waals surface area contributed by atoms with Gasteiger partial charge in [-0.25, -0.2) is 4.79 Å². The first-order valence-electron chi connectivity index (χ1n) is 9.62. The van der Waals surface area contributed by atoms with Gasteiger partial charge < -0.3 is 15.1 Å². The van der Waals surface area contributed by atoms with Crippen molar-refractivity contribution >= 4 is 17.6 Å². The summed E-state index contributed by atoms with van der Waals surface area (Å²) in [6.45, 7) is 3.00. The molecule has 4 rings (SSSR count).